The molecule has 0 radical (unpaired) electrons. The lowest BCUT2D eigenvalue weighted by molar-refractivity contribution is -0.275. The van der Waals surface area contributed by atoms with E-state index in [-0.39, 0.29) is 12.0 Å². The van der Waals surface area contributed by atoms with Gasteiger partial charge in [0.2, 0.25) is 0 Å². The summed E-state index contributed by atoms with van der Waals surface area (Å²) in [5.41, 5.74) is -0.543. The van der Waals surface area contributed by atoms with E-state index in [2.05, 4.69) is 4.74 Å². The molecule has 0 saturated carbocycles. The molecule has 0 fully saturated rings. The van der Waals surface area contributed by atoms with Gasteiger partial charge in [-0.1, -0.05) is 19.1 Å². The Morgan fingerprint density at radius 2 is 1.88 bits per heavy atom. The van der Waals surface area contributed by atoms with Gasteiger partial charge in [0.05, 0.1) is 5.56 Å². The molecule has 1 aromatic rings. The van der Waals surface area contributed by atoms with Gasteiger partial charge in [0.1, 0.15) is 5.75 Å². The zero-order valence-corrected chi connectivity index (χ0v) is 8.31. The van der Waals surface area contributed by atoms with Crippen LogP contribution in [0.1, 0.15) is 24.5 Å². The van der Waals surface area contributed by atoms with Crippen LogP contribution < -0.4 is 4.74 Å². The number of alkyl halides is 5. The molecular weight excluding hydrogens is 231 g/mol. The van der Waals surface area contributed by atoms with Gasteiger partial charge >= 0.3 is 6.36 Å². The van der Waals surface area contributed by atoms with Gasteiger partial charge in [0, 0.05) is 0 Å². The Morgan fingerprint density at radius 3 is 2.31 bits per heavy atom. The summed E-state index contributed by atoms with van der Waals surface area (Å²) in [5.74, 6) is -0.832. The molecule has 0 atom stereocenters. The van der Waals surface area contributed by atoms with Gasteiger partial charge in [0.15, 0.2) is 0 Å². The first-order valence-corrected chi connectivity index (χ1v) is 4.50. The first kappa shape index (κ1) is 12.7. The first-order valence-electron chi connectivity index (χ1n) is 4.50. The van der Waals surface area contributed by atoms with Crippen molar-refractivity contribution in [2.45, 2.75) is 26.1 Å². The Hall–Kier alpha value is -1.33. The summed E-state index contributed by atoms with van der Waals surface area (Å²) in [6, 6.07) is 3.49. The van der Waals surface area contributed by atoms with E-state index < -0.39 is 24.1 Å². The van der Waals surface area contributed by atoms with Crippen molar-refractivity contribution in [1.82, 2.24) is 0 Å². The van der Waals surface area contributed by atoms with Gasteiger partial charge in [-0.05, 0) is 18.1 Å². The van der Waals surface area contributed by atoms with E-state index in [1.165, 1.54) is 12.1 Å². The van der Waals surface area contributed by atoms with Crippen LogP contribution in [0.25, 0.3) is 0 Å². The number of ether oxygens (including phenoxy) is 1. The Kier molecular flexibility index (Phi) is 3.72. The smallest absolute Gasteiger partial charge is 0.405 e. The second kappa shape index (κ2) is 4.67. The average molecular weight is 240 g/mol. The van der Waals surface area contributed by atoms with Crippen molar-refractivity contribution in [3.05, 3.63) is 29.3 Å². The van der Waals surface area contributed by atoms with E-state index in [0.717, 1.165) is 6.07 Å². The van der Waals surface area contributed by atoms with Gasteiger partial charge in [-0.25, -0.2) is 8.78 Å². The number of halogens is 5. The molecule has 0 aliphatic rings. The van der Waals surface area contributed by atoms with Crippen LogP contribution in [0.2, 0.25) is 0 Å². The quantitative estimate of drug-likeness (QED) is 0.723. The van der Waals surface area contributed by atoms with Crippen LogP contribution in [0, 0.1) is 0 Å². The fraction of sp³-hybridized carbons (Fsp3) is 0.400. The summed E-state index contributed by atoms with van der Waals surface area (Å²) in [4.78, 5) is 0. The summed E-state index contributed by atoms with van der Waals surface area (Å²) in [6.45, 7) is 1.58. The predicted octanol–water partition coefficient (Wildman–Crippen LogP) is 4.09. The maximum atomic E-state index is 12.6. The summed E-state index contributed by atoms with van der Waals surface area (Å²) in [7, 11) is 0. The lowest BCUT2D eigenvalue weighted by Gasteiger charge is -2.15. The normalized spacial score (nSPS) is 11.9. The van der Waals surface area contributed by atoms with Gasteiger partial charge in [-0.2, -0.15) is 0 Å². The second-order valence-corrected chi connectivity index (χ2v) is 3.03. The second-order valence-electron chi connectivity index (χ2n) is 3.03. The number of hydrogen-bond acceptors (Lipinski definition) is 1. The minimum Gasteiger partial charge on any atom is -0.405 e. The van der Waals surface area contributed by atoms with Crippen LogP contribution in [0.5, 0.6) is 5.75 Å². The van der Waals surface area contributed by atoms with Gasteiger partial charge in [-0.3, -0.25) is 0 Å². The molecule has 0 aromatic heterocycles. The third-order valence-corrected chi connectivity index (χ3v) is 1.98. The lowest BCUT2D eigenvalue weighted by Crippen LogP contribution is -2.18. The Bertz CT molecular complexity index is 359. The van der Waals surface area contributed by atoms with Crippen LogP contribution in [-0.2, 0) is 6.42 Å². The molecule has 0 heterocycles. The maximum Gasteiger partial charge on any atom is 0.573 e. The molecule has 90 valence electrons. The summed E-state index contributed by atoms with van der Waals surface area (Å²) < 4.78 is 64.6. The van der Waals surface area contributed by atoms with E-state index in [1.807, 2.05) is 0 Å². The molecule has 0 bridgehead atoms. The number of benzene rings is 1. The fourth-order valence-corrected chi connectivity index (χ4v) is 1.36. The highest BCUT2D eigenvalue weighted by molar-refractivity contribution is 5.41. The summed E-state index contributed by atoms with van der Waals surface area (Å²) in [6.07, 6.45) is -7.74. The Morgan fingerprint density at radius 1 is 1.25 bits per heavy atom. The van der Waals surface area contributed by atoms with Crippen LogP contribution >= 0.6 is 0 Å². The Balaban J connectivity index is 3.17. The van der Waals surface area contributed by atoms with Crippen LogP contribution in [0.3, 0.4) is 0 Å². The highest BCUT2D eigenvalue weighted by atomic mass is 19.4. The molecule has 0 aliphatic carbocycles. The minimum absolute atomic E-state index is 0.150. The standard InChI is InChI=1S/C10H9F5O/c1-2-6-4-3-5-7(8(6)9(11)12)16-10(13,14)15/h3-5,9H,2H2,1H3. The average Bonchev–Trinajstić information content (AvgIpc) is 2.14. The molecule has 6 heteroatoms. The van der Waals surface area contributed by atoms with Gasteiger partial charge < -0.3 is 4.74 Å². The monoisotopic (exact) mass is 240 g/mol. The molecule has 1 nitrogen and oxygen atoms in total. The SMILES string of the molecule is CCc1cccc(OC(F)(F)F)c1C(F)F. The number of rotatable bonds is 3. The van der Waals surface area contributed by atoms with Crippen LogP contribution in [-0.4, -0.2) is 6.36 Å². The summed E-state index contributed by atoms with van der Waals surface area (Å²) in [5, 5.41) is 0. The van der Waals surface area contributed by atoms with Crippen molar-refractivity contribution < 1.29 is 26.7 Å². The molecule has 0 N–H and O–H groups in total. The van der Waals surface area contributed by atoms with Crippen molar-refractivity contribution in [2.75, 3.05) is 0 Å². The van der Waals surface area contributed by atoms with Crippen LogP contribution in [0.4, 0.5) is 22.0 Å². The molecule has 0 aliphatic heterocycles. The largest absolute Gasteiger partial charge is 0.573 e. The van der Waals surface area contributed by atoms with Crippen molar-refractivity contribution in [1.29, 1.82) is 0 Å². The highest BCUT2D eigenvalue weighted by Gasteiger charge is 2.33. The van der Waals surface area contributed by atoms with Crippen molar-refractivity contribution in [3.8, 4) is 5.75 Å². The topological polar surface area (TPSA) is 9.23 Å². The molecule has 16 heavy (non-hydrogen) atoms. The van der Waals surface area contributed by atoms with E-state index in [4.69, 9.17) is 0 Å². The highest BCUT2D eigenvalue weighted by Crippen LogP contribution is 2.35. The van der Waals surface area contributed by atoms with E-state index >= 15 is 0 Å². The predicted molar refractivity (Wildman–Crippen MR) is 47.5 cm³/mol. The van der Waals surface area contributed by atoms with E-state index in [9.17, 15) is 22.0 Å². The zero-order chi connectivity index (χ0) is 12.3. The molecule has 0 spiro atoms. The lowest BCUT2D eigenvalue weighted by atomic mass is 10.0. The van der Waals surface area contributed by atoms with E-state index in [0.29, 0.717) is 0 Å². The molecule has 0 saturated heterocycles. The molecule has 0 unspecified atom stereocenters. The maximum absolute atomic E-state index is 12.6. The van der Waals surface area contributed by atoms with Gasteiger partial charge in [-0.15, -0.1) is 13.2 Å². The Labute approximate surface area is 88.8 Å². The van der Waals surface area contributed by atoms with Crippen LogP contribution in [0.15, 0.2) is 18.2 Å². The number of hydrogen-bond donors (Lipinski definition) is 0. The van der Waals surface area contributed by atoms with Crippen molar-refractivity contribution >= 4 is 0 Å². The van der Waals surface area contributed by atoms with Crippen molar-refractivity contribution in [3.63, 3.8) is 0 Å². The molecule has 0 amide bonds. The van der Waals surface area contributed by atoms with Crippen molar-refractivity contribution in [2.24, 2.45) is 0 Å². The number of aryl methyl sites for hydroxylation is 1. The molecule has 1 rings (SSSR count). The first-order chi connectivity index (χ1) is 7.35. The third kappa shape index (κ3) is 3.08. The summed E-state index contributed by atoms with van der Waals surface area (Å²) >= 11 is 0. The molecular formula is C10H9F5O. The molecule has 1 aromatic carbocycles. The minimum atomic E-state index is -4.96. The van der Waals surface area contributed by atoms with Gasteiger partial charge in [0.25, 0.3) is 6.43 Å². The van der Waals surface area contributed by atoms with E-state index in [1.54, 1.807) is 6.92 Å². The fourth-order valence-electron chi connectivity index (χ4n) is 1.36. The zero-order valence-electron chi connectivity index (χ0n) is 8.31. The third-order valence-electron chi connectivity index (χ3n) is 1.98.